The molecule has 98 valence electrons. The second-order valence-corrected chi connectivity index (χ2v) is 3.74. The molecule has 19 heavy (non-hydrogen) atoms. The molecule has 2 rings (SSSR count). The minimum Gasteiger partial charge on any atom is -0.453 e. The van der Waals surface area contributed by atoms with E-state index in [1.807, 2.05) is 0 Å². The van der Waals surface area contributed by atoms with Crippen molar-refractivity contribution in [3.05, 3.63) is 35.5 Å². The number of methoxy groups -OCH3 is 1. The number of nitrogens with one attached hydrogen (secondary N) is 1. The molecule has 0 aliphatic heterocycles. The Bertz CT molecular complexity index is 623. The van der Waals surface area contributed by atoms with Gasteiger partial charge in [0.25, 0.3) is 0 Å². The smallest absolute Gasteiger partial charge is 0.413 e. The quantitative estimate of drug-likeness (QED) is 0.856. The van der Waals surface area contributed by atoms with E-state index in [1.165, 1.54) is 25.6 Å². The van der Waals surface area contributed by atoms with E-state index >= 15 is 0 Å². The number of hydrogen-bond acceptors (Lipinski definition) is 5. The zero-order valence-electron chi connectivity index (χ0n) is 9.72. The summed E-state index contributed by atoms with van der Waals surface area (Å²) in [6.45, 7) is 0. The summed E-state index contributed by atoms with van der Waals surface area (Å²) in [7, 11) is 1.22. The number of carbonyl (C=O) groups excluding carboxylic acids is 1. The average Bonchev–Trinajstić information content (AvgIpc) is 2.42. The zero-order chi connectivity index (χ0) is 13.8. The number of amides is 1. The van der Waals surface area contributed by atoms with Crippen LogP contribution in [0.5, 0.6) is 0 Å². The highest BCUT2D eigenvalue weighted by Crippen LogP contribution is 2.20. The van der Waals surface area contributed by atoms with Gasteiger partial charge in [-0.15, -0.1) is 0 Å². The van der Waals surface area contributed by atoms with Gasteiger partial charge in [0, 0.05) is 18.0 Å². The Morgan fingerprint density at radius 2 is 2.26 bits per heavy atom. The summed E-state index contributed by atoms with van der Waals surface area (Å²) in [5.74, 6) is -0.611. The summed E-state index contributed by atoms with van der Waals surface area (Å²) in [4.78, 5) is 22.6. The molecular weight excluding hydrogens is 275 g/mol. The van der Waals surface area contributed by atoms with E-state index in [0.29, 0.717) is 11.3 Å². The van der Waals surface area contributed by atoms with E-state index in [-0.39, 0.29) is 11.1 Å². The summed E-state index contributed by atoms with van der Waals surface area (Å²) >= 11 is 5.49. The average molecular weight is 283 g/mol. The minimum absolute atomic E-state index is 0.0414. The van der Waals surface area contributed by atoms with Gasteiger partial charge in [-0.25, -0.2) is 24.1 Å². The molecule has 2 aromatic heterocycles. The molecule has 1 amide bonds. The predicted octanol–water partition coefficient (Wildman–Crippen LogP) is 2.51. The number of carbonyl (C=O) groups is 1. The summed E-state index contributed by atoms with van der Waals surface area (Å²) in [6.07, 6.45) is 2.09. The van der Waals surface area contributed by atoms with Gasteiger partial charge >= 0.3 is 6.09 Å². The Labute approximate surface area is 112 Å². The first kappa shape index (κ1) is 13.2. The molecule has 8 heteroatoms. The van der Waals surface area contributed by atoms with Crippen LogP contribution in [-0.4, -0.2) is 28.2 Å². The van der Waals surface area contributed by atoms with Crippen LogP contribution in [0.25, 0.3) is 11.3 Å². The number of halogens is 2. The summed E-state index contributed by atoms with van der Waals surface area (Å²) < 4.78 is 17.7. The largest absolute Gasteiger partial charge is 0.453 e. The van der Waals surface area contributed by atoms with Gasteiger partial charge in [0.1, 0.15) is 0 Å². The van der Waals surface area contributed by atoms with Crippen molar-refractivity contribution in [1.29, 1.82) is 0 Å². The van der Waals surface area contributed by atoms with Crippen molar-refractivity contribution in [2.24, 2.45) is 0 Å². The lowest BCUT2D eigenvalue weighted by Crippen LogP contribution is -2.13. The van der Waals surface area contributed by atoms with Crippen LogP contribution in [-0.2, 0) is 4.74 Å². The van der Waals surface area contributed by atoms with Gasteiger partial charge in [-0.3, -0.25) is 5.32 Å². The van der Waals surface area contributed by atoms with Crippen molar-refractivity contribution in [3.8, 4) is 11.3 Å². The van der Waals surface area contributed by atoms with E-state index in [2.05, 4.69) is 25.0 Å². The molecule has 0 aliphatic carbocycles. The molecule has 0 saturated heterocycles. The van der Waals surface area contributed by atoms with Crippen LogP contribution < -0.4 is 5.32 Å². The van der Waals surface area contributed by atoms with Crippen LogP contribution in [0.1, 0.15) is 0 Å². The van der Waals surface area contributed by atoms with Crippen molar-refractivity contribution in [2.45, 2.75) is 0 Å². The van der Waals surface area contributed by atoms with Crippen LogP contribution in [0.15, 0.2) is 24.5 Å². The minimum atomic E-state index is -0.697. The molecule has 2 aromatic rings. The van der Waals surface area contributed by atoms with Gasteiger partial charge in [0.2, 0.25) is 5.95 Å². The molecule has 0 unspecified atom stereocenters. The van der Waals surface area contributed by atoms with E-state index in [1.54, 1.807) is 6.07 Å². The zero-order valence-corrected chi connectivity index (χ0v) is 10.5. The Kier molecular flexibility index (Phi) is 3.86. The third kappa shape index (κ3) is 3.14. The molecule has 0 atom stereocenters. The predicted molar refractivity (Wildman–Crippen MR) is 66.3 cm³/mol. The first-order valence-corrected chi connectivity index (χ1v) is 5.47. The lowest BCUT2D eigenvalue weighted by atomic mass is 10.2. The number of ether oxygens (including phenoxy) is 1. The van der Waals surface area contributed by atoms with Gasteiger partial charge in [0.05, 0.1) is 12.8 Å². The lowest BCUT2D eigenvalue weighted by molar-refractivity contribution is 0.186. The highest BCUT2D eigenvalue weighted by Gasteiger charge is 2.08. The third-order valence-corrected chi connectivity index (χ3v) is 2.43. The topological polar surface area (TPSA) is 77.0 Å². The van der Waals surface area contributed by atoms with Gasteiger partial charge in [-0.1, -0.05) is 11.6 Å². The molecule has 0 radical (unpaired) electrons. The lowest BCUT2D eigenvalue weighted by Gasteiger charge is -2.04. The van der Waals surface area contributed by atoms with Crippen LogP contribution in [0, 0.1) is 5.82 Å². The van der Waals surface area contributed by atoms with Gasteiger partial charge in [-0.2, -0.15) is 0 Å². The molecule has 0 spiro atoms. The van der Waals surface area contributed by atoms with Crippen molar-refractivity contribution in [2.75, 3.05) is 12.4 Å². The number of aromatic nitrogens is 3. The molecule has 0 aromatic carbocycles. The number of anilines is 1. The molecular formula is C11H8ClFN4O2. The molecule has 0 aliphatic rings. The monoisotopic (exact) mass is 282 g/mol. The van der Waals surface area contributed by atoms with Gasteiger partial charge in [0.15, 0.2) is 11.0 Å². The van der Waals surface area contributed by atoms with E-state index < -0.39 is 11.9 Å². The molecule has 0 saturated carbocycles. The standard InChI is InChI=1S/C11H8ClFN4O2/c1-19-11(18)17-10-14-3-2-8(16-10)6-4-7(13)9(12)15-5-6/h2-5H,1H3,(H,14,16,17,18). The van der Waals surface area contributed by atoms with Crippen molar-refractivity contribution < 1.29 is 13.9 Å². The van der Waals surface area contributed by atoms with E-state index in [4.69, 9.17) is 11.6 Å². The fourth-order valence-corrected chi connectivity index (χ4v) is 1.39. The highest BCUT2D eigenvalue weighted by molar-refractivity contribution is 6.29. The SMILES string of the molecule is COC(=O)Nc1nccc(-c2cnc(Cl)c(F)c2)n1. The normalized spacial score (nSPS) is 10.1. The first-order chi connectivity index (χ1) is 9.10. The maximum atomic E-state index is 13.3. The Morgan fingerprint density at radius 1 is 1.47 bits per heavy atom. The second kappa shape index (κ2) is 5.57. The Hall–Kier alpha value is -2.28. The summed E-state index contributed by atoms with van der Waals surface area (Å²) in [5, 5.41) is 2.09. The third-order valence-electron chi connectivity index (χ3n) is 2.15. The molecule has 2 heterocycles. The fraction of sp³-hybridized carbons (Fsp3) is 0.0909. The first-order valence-electron chi connectivity index (χ1n) is 5.09. The highest BCUT2D eigenvalue weighted by atomic mass is 35.5. The summed E-state index contributed by atoms with van der Waals surface area (Å²) in [6, 6.07) is 2.74. The molecule has 6 nitrogen and oxygen atoms in total. The van der Waals surface area contributed by atoms with Crippen molar-refractivity contribution in [1.82, 2.24) is 15.0 Å². The van der Waals surface area contributed by atoms with Crippen LogP contribution >= 0.6 is 11.6 Å². The maximum absolute atomic E-state index is 13.3. The number of hydrogen-bond donors (Lipinski definition) is 1. The Balaban J connectivity index is 2.32. The van der Waals surface area contributed by atoms with Crippen LogP contribution in [0.3, 0.4) is 0 Å². The number of nitrogens with zero attached hydrogens (tertiary/aromatic N) is 3. The van der Waals surface area contributed by atoms with Gasteiger partial charge < -0.3 is 4.74 Å². The van der Waals surface area contributed by atoms with Gasteiger partial charge in [-0.05, 0) is 12.1 Å². The van der Waals surface area contributed by atoms with Crippen molar-refractivity contribution >= 4 is 23.6 Å². The Morgan fingerprint density at radius 3 is 2.95 bits per heavy atom. The van der Waals surface area contributed by atoms with E-state index in [0.717, 1.165) is 0 Å². The molecule has 0 fully saturated rings. The summed E-state index contributed by atoms with van der Waals surface area (Å²) in [5.41, 5.74) is 0.807. The van der Waals surface area contributed by atoms with Crippen LogP contribution in [0.2, 0.25) is 5.15 Å². The maximum Gasteiger partial charge on any atom is 0.413 e. The van der Waals surface area contributed by atoms with Crippen molar-refractivity contribution in [3.63, 3.8) is 0 Å². The second-order valence-electron chi connectivity index (χ2n) is 3.38. The molecule has 0 bridgehead atoms. The number of pyridine rings is 1. The van der Waals surface area contributed by atoms with E-state index in [9.17, 15) is 9.18 Å². The fourth-order valence-electron chi connectivity index (χ4n) is 1.28. The molecule has 1 N–H and O–H groups in total. The van der Waals surface area contributed by atoms with Crippen LogP contribution in [0.4, 0.5) is 15.1 Å². The number of rotatable bonds is 2.